The number of rotatable bonds is 0. The van der Waals surface area contributed by atoms with Gasteiger partial charge in [-0.3, -0.25) is 0 Å². The van der Waals surface area contributed by atoms with E-state index in [4.69, 9.17) is 0 Å². The highest BCUT2D eigenvalue weighted by Crippen LogP contribution is 2.36. The molecule has 0 radical (unpaired) electrons. The first kappa shape index (κ1) is 8.40. The Morgan fingerprint density at radius 2 is 1.20 bits per heavy atom. The predicted octanol–water partition coefficient (Wildman–Crippen LogP) is 3.93. The average Bonchev–Trinajstić information content (AvgIpc) is 1.84. The van der Waals surface area contributed by atoms with Crippen LogP contribution in [-0.4, -0.2) is 0 Å². The molecule has 1 rings (SSSR count). The molecule has 0 amide bonds. The van der Waals surface area contributed by atoms with E-state index in [0.717, 1.165) is 0 Å². The molecule has 1 aliphatic rings. The fourth-order valence-corrected chi connectivity index (χ4v) is 1.43. The van der Waals surface area contributed by atoms with Crippen LogP contribution in [0.15, 0.2) is 20.6 Å². The fourth-order valence-electron chi connectivity index (χ4n) is 0.656. The van der Waals surface area contributed by atoms with E-state index in [-0.39, 0.29) is 24.5 Å². The maximum atomic E-state index is 12.6. The summed E-state index contributed by atoms with van der Waals surface area (Å²) in [4.78, 5) is 0. The molecule has 10 heavy (non-hydrogen) atoms. The van der Waals surface area contributed by atoms with E-state index in [1.165, 1.54) is 0 Å². The van der Waals surface area contributed by atoms with Crippen molar-refractivity contribution < 1.29 is 8.78 Å². The molecule has 4 heteroatoms. The molecule has 0 saturated carbocycles. The predicted molar refractivity (Wildman–Crippen MR) is 43.4 cm³/mol. The monoisotopic (exact) mass is 272 g/mol. The van der Waals surface area contributed by atoms with Gasteiger partial charge in [0.05, 0.1) is 0 Å². The second-order valence-corrected chi connectivity index (χ2v) is 3.89. The van der Waals surface area contributed by atoms with Crippen molar-refractivity contribution in [3.05, 3.63) is 20.6 Å². The van der Waals surface area contributed by atoms with Gasteiger partial charge in [-0.15, -0.1) is 0 Å². The molecule has 0 N–H and O–H groups in total. The highest BCUT2D eigenvalue weighted by atomic mass is 79.9. The van der Waals surface area contributed by atoms with Gasteiger partial charge in [0.1, 0.15) is 11.7 Å². The van der Waals surface area contributed by atoms with Gasteiger partial charge in [0.15, 0.2) is 0 Å². The largest absolute Gasteiger partial charge is 0.211 e. The van der Waals surface area contributed by atoms with Crippen LogP contribution in [-0.2, 0) is 0 Å². The van der Waals surface area contributed by atoms with Crippen LogP contribution < -0.4 is 0 Å². The van der Waals surface area contributed by atoms with E-state index in [1.54, 1.807) is 0 Å². The van der Waals surface area contributed by atoms with E-state index in [1.807, 2.05) is 0 Å². The smallest absolute Gasteiger partial charge is 0.115 e. The lowest BCUT2D eigenvalue weighted by Gasteiger charge is -2.09. The minimum absolute atomic E-state index is 0.0341. The summed E-state index contributed by atoms with van der Waals surface area (Å²) in [5, 5.41) is 0. The maximum Gasteiger partial charge on any atom is 0.115 e. The lowest BCUT2D eigenvalue weighted by Crippen LogP contribution is -1.92. The summed E-state index contributed by atoms with van der Waals surface area (Å²) in [6, 6.07) is 0. The first-order valence-corrected chi connectivity index (χ1v) is 4.26. The molecular formula is C6H4Br2F2. The zero-order valence-electron chi connectivity index (χ0n) is 4.93. The van der Waals surface area contributed by atoms with E-state index in [2.05, 4.69) is 31.9 Å². The summed E-state index contributed by atoms with van der Waals surface area (Å²) in [7, 11) is 0. The molecule has 1 aliphatic carbocycles. The standard InChI is InChI=1S/C6H4Br2F2/c7-3-1-5(9)4(8)2-6(3)10/h1-2H2. The summed E-state index contributed by atoms with van der Waals surface area (Å²) in [5.41, 5.74) is 0. The van der Waals surface area contributed by atoms with E-state index in [0.29, 0.717) is 8.96 Å². The lowest BCUT2D eigenvalue weighted by molar-refractivity contribution is 0.555. The Bertz CT molecular complexity index is 174. The summed E-state index contributed by atoms with van der Waals surface area (Å²) < 4.78 is 25.8. The Hall–Kier alpha value is 0.300. The van der Waals surface area contributed by atoms with Crippen molar-refractivity contribution in [3.8, 4) is 0 Å². The minimum Gasteiger partial charge on any atom is -0.211 e. The fraction of sp³-hybridized carbons (Fsp3) is 0.333. The highest BCUT2D eigenvalue weighted by molar-refractivity contribution is 9.12. The summed E-state index contributed by atoms with van der Waals surface area (Å²) in [6.45, 7) is 0. The molecule has 0 spiro atoms. The van der Waals surface area contributed by atoms with Gasteiger partial charge in [0.25, 0.3) is 0 Å². The highest BCUT2D eigenvalue weighted by Gasteiger charge is 2.17. The maximum absolute atomic E-state index is 12.6. The van der Waals surface area contributed by atoms with E-state index < -0.39 is 0 Å². The molecule has 0 nitrogen and oxygen atoms in total. The van der Waals surface area contributed by atoms with Gasteiger partial charge in [-0.1, -0.05) is 31.9 Å². The quantitative estimate of drug-likeness (QED) is 0.627. The van der Waals surface area contributed by atoms with Gasteiger partial charge >= 0.3 is 0 Å². The molecular weight excluding hydrogens is 270 g/mol. The van der Waals surface area contributed by atoms with Crippen molar-refractivity contribution in [3.63, 3.8) is 0 Å². The topological polar surface area (TPSA) is 0 Å². The van der Waals surface area contributed by atoms with Crippen molar-refractivity contribution in [2.75, 3.05) is 0 Å². The first-order chi connectivity index (χ1) is 4.61. The summed E-state index contributed by atoms with van der Waals surface area (Å²) in [6.07, 6.45) is 0.0683. The van der Waals surface area contributed by atoms with Crippen LogP contribution in [0.25, 0.3) is 0 Å². The molecule has 0 aromatic carbocycles. The van der Waals surface area contributed by atoms with Crippen LogP contribution >= 0.6 is 31.9 Å². The normalized spacial score (nSPS) is 20.4. The Balaban J connectivity index is 2.81. The summed E-state index contributed by atoms with van der Waals surface area (Å²) >= 11 is 5.86. The third-order valence-electron chi connectivity index (χ3n) is 1.21. The molecule has 0 aliphatic heterocycles. The van der Waals surface area contributed by atoms with Crippen molar-refractivity contribution in [2.45, 2.75) is 12.8 Å². The minimum atomic E-state index is -0.298. The Morgan fingerprint density at radius 3 is 1.50 bits per heavy atom. The average molecular weight is 274 g/mol. The number of hydrogen-bond acceptors (Lipinski definition) is 0. The molecule has 0 aromatic heterocycles. The number of hydrogen-bond donors (Lipinski definition) is 0. The zero-order chi connectivity index (χ0) is 7.72. The SMILES string of the molecule is FC1=C(Br)CC(F)=C(Br)C1. The van der Waals surface area contributed by atoms with Crippen molar-refractivity contribution >= 4 is 31.9 Å². The Kier molecular flexibility index (Phi) is 2.63. The van der Waals surface area contributed by atoms with Gasteiger partial charge in [0.2, 0.25) is 0 Å². The van der Waals surface area contributed by atoms with Crippen LogP contribution in [0.3, 0.4) is 0 Å². The molecule has 0 atom stereocenters. The second-order valence-electron chi connectivity index (χ2n) is 1.97. The lowest BCUT2D eigenvalue weighted by atomic mass is 10.2. The van der Waals surface area contributed by atoms with Gasteiger partial charge in [-0.2, -0.15) is 0 Å². The first-order valence-electron chi connectivity index (χ1n) is 2.67. The molecule has 0 saturated heterocycles. The van der Waals surface area contributed by atoms with Crippen LogP contribution in [0.2, 0.25) is 0 Å². The van der Waals surface area contributed by atoms with Gasteiger partial charge in [-0.05, 0) is 0 Å². The second kappa shape index (κ2) is 3.13. The van der Waals surface area contributed by atoms with Crippen LogP contribution in [0.5, 0.6) is 0 Å². The van der Waals surface area contributed by atoms with Gasteiger partial charge < -0.3 is 0 Å². The van der Waals surface area contributed by atoms with Crippen LogP contribution in [0.1, 0.15) is 12.8 Å². The van der Waals surface area contributed by atoms with Gasteiger partial charge in [0, 0.05) is 21.8 Å². The van der Waals surface area contributed by atoms with E-state index >= 15 is 0 Å². The third-order valence-corrected chi connectivity index (χ3v) is 2.63. The van der Waals surface area contributed by atoms with Crippen molar-refractivity contribution in [2.24, 2.45) is 0 Å². The number of halogens is 4. The molecule has 0 bridgehead atoms. The Labute approximate surface area is 74.2 Å². The van der Waals surface area contributed by atoms with Gasteiger partial charge in [-0.25, -0.2) is 8.78 Å². The molecule has 0 aromatic rings. The zero-order valence-corrected chi connectivity index (χ0v) is 8.10. The Morgan fingerprint density at radius 1 is 0.900 bits per heavy atom. The van der Waals surface area contributed by atoms with Crippen LogP contribution in [0, 0.1) is 0 Å². The van der Waals surface area contributed by atoms with Crippen molar-refractivity contribution in [1.82, 2.24) is 0 Å². The number of allylic oxidation sites excluding steroid dienone is 4. The molecule has 0 heterocycles. The van der Waals surface area contributed by atoms with Crippen LogP contribution in [0.4, 0.5) is 8.78 Å². The van der Waals surface area contributed by atoms with E-state index in [9.17, 15) is 8.78 Å². The molecule has 56 valence electrons. The molecule has 0 unspecified atom stereocenters. The van der Waals surface area contributed by atoms with Crippen molar-refractivity contribution in [1.29, 1.82) is 0 Å². The third kappa shape index (κ3) is 1.66. The molecule has 0 fully saturated rings. The summed E-state index contributed by atoms with van der Waals surface area (Å²) in [5.74, 6) is -0.596.